The maximum Gasteiger partial charge on any atom is 0.320 e. The Hall–Kier alpha value is -1.56. The van der Waals surface area contributed by atoms with Gasteiger partial charge in [-0.15, -0.1) is 0 Å². The fraction of sp³-hybridized carbons (Fsp3) is 0.733. The van der Waals surface area contributed by atoms with Gasteiger partial charge in [0.2, 0.25) is 0 Å². The average molecular weight is 291 g/mol. The number of fused-ring (bicyclic) bond motifs is 2. The van der Waals surface area contributed by atoms with Crippen molar-refractivity contribution in [2.45, 2.75) is 38.3 Å². The number of rotatable bonds is 5. The summed E-state index contributed by atoms with van der Waals surface area (Å²) >= 11 is 0. The molecule has 2 aliphatic rings. The second-order valence-corrected chi connectivity index (χ2v) is 6.65. The average Bonchev–Trinajstić information content (AvgIpc) is 3.12. The molecule has 116 valence electrons. The van der Waals surface area contributed by atoms with Gasteiger partial charge < -0.3 is 10.2 Å². The first-order valence-corrected chi connectivity index (χ1v) is 7.86. The van der Waals surface area contributed by atoms with Gasteiger partial charge in [0.15, 0.2) is 5.82 Å². The summed E-state index contributed by atoms with van der Waals surface area (Å²) in [6.07, 6.45) is 6.96. The molecule has 21 heavy (non-hydrogen) atoms. The fourth-order valence-corrected chi connectivity index (χ4v) is 3.60. The predicted molar refractivity (Wildman–Crippen MR) is 82.2 cm³/mol. The van der Waals surface area contributed by atoms with Crippen molar-refractivity contribution >= 4 is 11.8 Å². The van der Waals surface area contributed by atoms with Crippen molar-refractivity contribution in [1.82, 2.24) is 20.0 Å². The number of hydrogen-bond donors (Lipinski definition) is 2. The van der Waals surface area contributed by atoms with Crippen molar-refractivity contribution in [3.63, 3.8) is 0 Å². The zero-order chi connectivity index (χ0) is 14.8. The van der Waals surface area contributed by atoms with Crippen LogP contribution in [0.4, 0.5) is 10.6 Å². The van der Waals surface area contributed by atoms with Crippen molar-refractivity contribution in [1.29, 1.82) is 0 Å². The number of carbonyl (C=O) groups is 1. The van der Waals surface area contributed by atoms with Crippen molar-refractivity contribution in [3.8, 4) is 0 Å². The minimum absolute atomic E-state index is 0.120. The Balaban J connectivity index is 1.46. The van der Waals surface area contributed by atoms with Crippen molar-refractivity contribution in [3.05, 3.63) is 12.3 Å². The van der Waals surface area contributed by atoms with Gasteiger partial charge in [-0.2, -0.15) is 5.10 Å². The molecule has 1 aromatic rings. The third-order valence-corrected chi connectivity index (χ3v) is 4.71. The Morgan fingerprint density at radius 1 is 1.43 bits per heavy atom. The lowest BCUT2D eigenvalue weighted by molar-refractivity contribution is 0.242. The number of urea groups is 1. The molecule has 2 saturated carbocycles. The number of hydrogen-bond acceptors (Lipinski definition) is 3. The van der Waals surface area contributed by atoms with E-state index < -0.39 is 0 Å². The van der Waals surface area contributed by atoms with Crippen molar-refractivity contribution in [2.24, 2.45) is 11.8 Å². The first-order chi connectivity index (χ1) is 10.1. The molecule has 6 nitrogen and oxygen atoms in total. The van der Waals surface area contributed by atoms with Crippen LogP contribution in [0, 0.1) is 11.8 Å². The highest BCUT2D eigenvalue weighted by Gasteiger charge is 2.40. The van der Waals surface area contributed by atoms with Gasteiger partial charge in [-0.05, 0) is 45.2 Å². The molecule has 1 aromatic heterocycles. The highest BCUT2D eigenvalue weighted by molar-refractivity contribution is 5.88. The smallest absolute Gasteiger partial charge is 0.320 e. The third kappa shape index (κ3) is 3.56. The molecule has 2 fully saturated rings. The van der Waals surface area contributed by atoms with Crippen LogP contribution in [0.5, 0.6) is 0 Å². The van der Waals surface area contributed by atoms with E-state index in [2.05, 4.69) is 20.6 Å². The lowest BCUT2D eigenvalue weighted by Gasteiger charge is -2.22. The maximum atomic E-state index is 12.0. The van der Waals surface area contributed by atoms with E-state index in [1.165, 1.54) is 19.3 Å². The highest BCUT2D eigenvalue weighted by Crippen LogP contribution is 2.44. The van der Waals surface area contributed by atoms with Gasteiger partial charge in [0.25, 0.3) is 0 Å². The fourth-order valence-electron chi connectivity index (χ4n) is 3.60. The number of nitrogens with zero attached hydrogens (tertiary/aromatic N) is 3. The summed E-state index contributed by atoms with van der Waals surface area (Å²) in [5, 5.41) is 10.3. The minimum Gasteiger partial charge on any atom is -0.335 e. The summed E-state index contributed by atoms with van der Waals surface area (Å²) in [7, 11) is 4.07. The topological polar surface area (TPSA) is 62.2 Å². The van der Waals surface area contributed by atoms with Crippen molar-refractivity contribution in [2.75, 3.05) is 26.0 Å². The van der Waals surface area contributed by atoms with Gasteiger partial charge in [0.05, 0.1) is 6.54 Å². The molecule has 0 unspecified atom stereocenters. The van der Waals surface area contributed by atoms with E-state index in [1.54, 1.807) is 0 Å². The van der Waals surface area contributed by atoms with E-state index >= 15 is 0 Å². The lowest BCUT2D eigenvalue weighted by Crippen LogP contribution is -2.41. The zero-order valence-electron chi connectivity index (χ0n) is 12.9. The SMILES string of the molecule is CN(C)CCn1ccc(NC(=O)N[C@@H]2C[C@H]3CC[C@H]2C3)n1. The molecule has 0 radical (unpaired) electrons. The van der Waals surface area contributed by atoms with Crippen LogP contribution in [-0.4, -0.2) is 47.4 Å². The van der Waals surface area contributed by atoms with E-state index in [9.17, 15) is 4.79 Å². The molecule has 6 heteroatoms. The van der Waals surface area contributed by atoms with Gasteiger partial charge in [-0.1, -0.05) is 6.42 Å². The molecule has 2 N–H and O–H groups in total. The molecular formula is C15H25N5O. The predicted octanol–water partition coefficient (Wildman–Crippen LogP) is 1.75. The number of aromatic nitrogens is 2. The highest BCUT2D eigenvalue weighted by atomic mass is 16.2. The summed E-state index contributed by atoms with van der Waals surface area (Å²) in [4.78, 5) is 14.1. The quantitative estimate of drug-likeness (QED) is 0.869. The summed E-state index contributed by atoms with van der Waals surface area (Å²) < 4.78 is 1.85. The second kappa shape index (κ2) is 6.05. The van der Waals surface area contributed by atoms with E-state index in [0.29, 0.717) is 17.8 Å². The third-order valence-electron chi connectivity index (χ3n) is 4.71. The van der Waals surface area contributed by atoms with Gasteiger partial charge in [0, 0.05) is 24.8 Å². The molecule has 2 aliphatic carbocycles. The molecule has 2 amide bonds. The van der Waals surface area contributed by atoms with Crippen molar-refractivity contribution < 1.29 is 4.79 Å². The first-order valence-electron chi connectivity index (χ1n) is 7.86. The molecule has 1 heterocycles. The van der Waals surface area contributed by atoms with Gasteiger partial charge in [-0.3, -0.25) is 10.00 Å². The van der Waals surface area contributed by atoms with Crippen LogP contribution in [-0.2, 0) is 6.54 Å². The Morgan fingerprint density at radius 2 is 2.29 bits per heavy atom. The Bertz CT molecular complexity index is 498. The Kier molecular flexibility index (Phi) is 4.14. The monoisotopic (exact) mass is 291 g/mol. The molecule has 2 bridgehead atoms. The number of likely N-dealkylation sites (N-methyl/N-ethyl adjacent to an activating group) is 1. The first kappa shape index (κ1) is 14.4. The van der Waals surface area contributed by atoms with Gasteiger partial charge in [-0.25, -0.2) is 4.79 Å². The van der Waals surface area contributed by atoms with Crippen LogP contribution in [0.15, 0.2) is 12.3 Å². The van der Waals surface area contributed by atoms with Gasteiger partial charge >= 0.3 is 6.03 Å². The van der Waals surface area contributed by atoms with Crippen LogP contribution in [0.1, 0.15) is 25.7 Å². The number of nitrogens with one attached hydrogen (secondary N) is 2. The summed E-state index contributed by atoms with van der Waals surface area (Å²) in [5.41, 5.74) is 0. The summed E-state index contributed by atoms with van der Waals surface area (Å²) in [6.45, 7) is 1.75. The van der Waals surface area contributed by atoms with E-state index in [-0.39, 0.29) is 6.03 Å². The summed E-state index contributed by atoms with van der Waals surface area (Å²) in [5.74, 6) is 2.15. The molecule has 0 saturated heterocycles. The Morgan fingerprint density at radius 3 is 2.95 bits per heavy atom. The van der Waals surface area contributed by atoms with Gasteiger partial charge in [0.1, 0.15) is 0 Å². The zero-order valence-corrected chi connectivity index (χ0v) is 12.9. The van der Waals surface area contributed by atoms with Crippen LogP contribution < -0.4 is 10.6 Å². The maximum absolute atomic E-state index is 12.0. The van der Waals surface area contributed by atoms with E-state index in [0.717, 1.165) is 25.4 Å². The van der Waals surface area contributed by atoms with E-state index in [4.69, 9.17) is 0 Å². The molecule has 0 aliphatic heterocycles. The van der Waals surface area contributed by atoms with E-state index in [1.807, 2.05) is 31.0 Å². The standard InChI is InChI=1S/C15H25N5O/c1-19(2)7-8-20-6-5-14(18-20)17-15(21)16-13-10-11-3-4-12(13)9-11/h5-6,11-13H,3-4,7-10H2,1-2H3,(H2,16,17,18,21)/t11-,12-,13+/m0/s1. The molecule has 3 rings (SSSR count). The van der Waals surface area contributed by atoms with Crippen LogP contribution in [0.25, 0.3) is 0 Å². The van der Waals surface area contributed by atoms with Crippen LogP contribution >= 0.6 is 0 Å². The normalized spacial score (nSPS) is 27.3. The van der Waals surface area contributed by atoms with Crippen LogP contribution in [0.2, 0.25) is 0 Å². The molecule has 0 spiro atoms. The molecule has 3 atom stereocenters. The second-order valence-electron chi connectivity index (χ2n) is 6.65. The van der Waals surface area contributed by atoms with Crippen LogP contribution in [0.3, 0.4) is 0 Å². The number of anilines is 1. The lowest BCUT2D eigenvalue weighted by atomic mass is 9.95. The Labute approximate surface area is 125 Å². The number of carbonyl (C=O) groups excluding carboxylic acids is 1. The molecular weight excluding hydrogens is 266 g/mol. The molecule has 0 aromatic carbocycles. The summed E-state index contributed by atoms with van der Waals surface area (Å²) in [6, 6.07) is 2.08. The largest absolute Gasteiger partial charge is 0.335 e. The minimum atomic E-state index is -0.120. The number of amides is 2.